The Bertz CT molecular complexity index is 693. The summed E-state index contributed by atoms with van der Waals surface area (Å²) in [4.78, 5) is 37.3. The molecule has 0 N–H and O–H groups in total. The number of rotatable bonds is 35. The summed E-state index contributed by atoms with van der Waals surface area (Å²) in [5.74, 6) is -0.0579. The standard InChI is InChI=1S/C40H76O6/c1-5-8-10-12-14-15-16-17-19-25-29-33-40(43)46-37(34-44-38(41)31-27-23-18-13-11-9-6-2)35-45-39(42)32-28-24-21-20-22-26-30-36(4)7-3/h36-37H,5-35H2,1-4H3/t36?,37-/m1/s1. The van der Waals surface area contributed by atoms with Gasteiger partial charge in [0.25, 0.3) is 0 Å². The number of unbranched alkanes of at least 4 members (excludes halogenated alkanes) is 21. The Balaban J connectivity index is 4.34. The summed E-state index contributed by atoms with van der Waals surface area (Å²) in [5.41, 5.74) is 0. The van der Waals surface area contributed by atoms with Crippen LogP contribution in [0.5, 0.6) is 0 Å². The van der Waals surface area contributed by atoms with Crippen LogP contribution < -0.4 is 0 Å². The summed E-state index contributed by atoms with van der Waals surface area (Å²) in [6.45, 7) is 8.89. The quantitative estimate of drug-likeness (QED) is 0.0385. The summed E-state index contributed by atoms with van der Waals surface area (Å²) >= 11 is 0. The monoisotopic (exact) mass is 653 g/mol. The van der Waals surface area contributed by atoms with Crippen LogP contribution in [0.3, 0.4) is 0 Å². The van der Waals surface area contributed by atoms with Crippen LogP contribution in [0.2, 0.25) is 0 Å². The Morgan fingerprint density at radius 2 is 0.761 bits per heavy atom. The highest BCUT2D eigenvalue weighted by Crippen LogP contribution is 2.16. The molecule has 0 fully saturated rings. The molecule has 0 aromatic heterocycles. The van der Waals surface area contributed by atoms with E-state index in [1.807, 2.05) is 0 Å². The van der Waals surface area contributed by atoms with Gasteiger partial charge in [-0.1, -0.05) is 175 Å². The van der Waals surface area contributed by atoms with Crippen LogP contribution in [0, 0.1) is 5.92 Å². The molecule has 0 bridgehead atoms. The SMILES string of the molecule is CCCCCCCCCCCCCC(=O)O[C@H](COC(=O)CCCCCCCCC)COC(=O)CCCCCCCCC(C)CC. The van der Waals surface area contributed by atoms with Gasteiger partial charge >= 0.3 is 17.9 Å². The van der Waals surface area contributed by atoms with Crippen molar-refractivity contribution in [3.8, 4) is 0 Å². The predicted octanol–water partition coefficient (Wildman–Crippen LogP) is 12.0. The van der Waals surface area contributed by atoms with Gasteiger partial charge < -0.3 is 14.2 Å². The van der Waals surface area contributed by atoms with Crippen LogP contribution in [0.25, 0.3) is 0 Å². The second kappa shape index (κ2) is 34.7. The molecule has 2 atom stereocenters. The topological polar surface area (TPSA) is 78.9 Å². The Hall–Kier alpha value is -1.59. The van der Waals surface area contributed by atoms with Gasteiger partial charge in [0.15, 0.2) is 6.10 Å². The molecule has 46 heavy (non-hydrogen) atoms. The lowest BCUT2D eigenvalue weighted by Gasteiger charge is -2.18. The van der Waals surface area contributed by atoms with E-state index in [1.165, 1.54) is 109 Å². The molecule has 0 spiro atoms. The number of carbonyl (C=O) groups is 3. The molecule has 0 aromatic rings. The molecule has 0 aliphatic heterocycles. The normalized spacial score (nSPS) is 12.5. The third kappa shape index (κ3) is 32.4. The van der Waals surface area contributed by atoms with Gasteiger partial charge in [-0.15, -0.1) is 0 Å². The number of hydrogen-bond acceptors (Lipinski definition) is 6. The first kappa shape index (κ1) is 44.4. The van der Waals surface area contributed by atoms with Gasteiger partial charge in [-0.2, -0.15) is 0 Å². The molecule has 0 aromatic carbocycles. The first-order valence-corrected chi connectivity index (χ1v) is 19.9. The number of ether oxygens (including phenoxy) is 3. The van der Waals surface area contributed by atoms with Crippen molar-refractivity contribution in [2.45, 2.75) is 220 Å². The zero-order valence-corrected chi connectivity index (χ0v) is 31.0. The average molecular weight is 653 g/mol. The fourth-order valence-corrected chi connectivity index (χ4v) is 5.71. The molecule has 6 heteroatoms. The molecule has 0 heterocycles. The number of hydrogen-bond donors (Lipinski definition) is 0. The van der Waals surface area contributed by atoms with Crippen molar-refractivity contribution in [3.63, 3.8) is 0 Å². The van der Waals surface area contributed by atoms with Crippen molar-refractivity contribution in [1.82, 2.24) is 0 Å². The number of carbonyl (C=O) groups excluding carboxylic acids is 3. The molecule has 0 aliphatic carbocycles. The van der Waals surface area contributed by atoms with Crippen LogP contribution >= 0.6 is 0 Å². The van der Waals surface area contributed by atoms with Crippen LogP contribution in [0.4, 0.5) is 0 Å². The van der Waals surface area contributed by atoms with E-state index in [1.54, 1.807) is 0 Å². The van der Waals surface area contributed by atoms with E-state index in [2.05, 4.69) is 27.7 Å². The fourth-order valence-electron chi connectivity index (χ4n) is 5.71. The first-order chi connectivity index (χ1) is 22.4. The van der Waals surface area contributed by atoms with Crippen LogP contribution in [0.15, 0.2) is 0 Å². The largest absolute Gasteiger partial charge is 0.462 e. The molecule has 0 radical (unpaired) electrons. The van der Waals surface area contributed by atoms with E-state index in [-0.39, 0.29) is 31.1 Å². The number of esters is 3. The minimum atomic E-state index is -0.757. The highest BCUT2D eigenvalue weighted by Gasteiger charge is 2.19. The fraction of sp³-hybridized carbons (Fsp3) is 0.925. The maximum absolute atomic E-state index is 12.6. The van der Waals surface area contributed by atoms with Gasteiger partial charge in [-0.3, -0.25) is 14.4 Å². The van der Waals surface area contributed by atoms with E-state index >= 15 is 0 Å². The molecular formula is C40H76O6. The van der Waals surface area contributed by atoms with Gasteiger partial charge in [0, 0.05) is 19.3 Å². The summed E-state index contributed by atoms with van der Waals surface area (Å²) in [5, 5.41) is 0. The Kier molecular flexibility index (Phi) is 33.5. The third-order valence-corrected chi connectivity index (χ3v) is 9.15. The maximum atomic E-state index is 12.6. The highest BCUT2D eigenvalue weighted by molar-refractivity contribution is 5.71. The molecule has 272 valence electrons. The lowest BCUT2D eigenvalue weighted by molar-refractivity contribution is -0.167. The van der Waals surface area contributed by atoms with Crippen molar-refractivity contribution in [2.24, 2.45) is 5.92 Å². The van der Waals surface area contributed by atoms with Gasteiger partial charge in [0.1, 0.15) is 13.2 Å². The highest BCUT2D eigenvalue weighted by atomic mass is 16.6. The summed E-state index contributed by atoms with van der Waals surface area (Å²) in [7, 11) is 0. The van der Waals surface area contributed by atoms with E-state index < -0.39 is 6.10 Å². The molecule has 0 rings (SSSR count). The van der Waals surface area contributed by atoms with Gasteiger partial charge in [-0.05, 0) is 25.2 Å². The van der Waals surface area contributed by atoms with Crippen molar-refractivity contribution in [1.29, 1.82) is 0 Å². The lowest BCUT2D eigenvalue weighted by atomic mass is 10.00. The minimum Gasteiger partial charge on any atom is -0.462 e. The predicted molar refractivity (Wildman–Crippen MR) is 192 cm³/mol. The molecule has 0 saturated heterocycles. The smallest absolute Gasteiger partial charge is 0.306 e. The van der Waals surface area contributed by atoms with Crippen molar-refractivity contribution < 1.29 is 28.6 Å². The second-order valence-electron chi connectivity index (χ2n) is 13.8. The summed E-state index contributed by atoms with van der Waals surface area (Å²) in [6.07, 6.45) is 30.9. The van der Waals surface area contributed by atoms with Crippen molar-refractivity contribution >= 4 is 17.9 Å². The first-order valence-electron chi connectivity index (χ1n) is 19.9. The molecule has 0 aliphatic rings. The molecule has 0 amide bonds. The van der Waals surface area contributed by atoms with Crippen LogP contribution in [-0.2, 0) is 28.6 Å². The maximum Gasteiger partial charge on any atom is 0.306 e. The van der Waals surface area contributed by atoms with Crippen molar-refractivity contribution in [2.75, 3.05) is 13.2 Å². The Labute approximate surface area is 285 Å². The van der Waals surface area contributed by atoms with Gasteiger partial charge in [0.2, 0.25) is 0 Å². The minimum absolute atomic E-state index is 0.0662. The average Bonchev–Trinajstić information content (AvgIpc) is 3.05. The van der Waals surface area contributed by atoms with Gasteiger partial charge in [0.05, 0.1) is 0 Å². The molecule has 6 nitrogen and oxygen atoms in total. The summed E-state index contributed by atoms with van der Waals surface area (Å²) in [6, 6.07) is 0. The summed E-state index contributed by atoms with van der Waals surface area (Å²) < 4.78 is 16.6. The second-order valence-corrected chi connectivity index (χ2v) is 13.8. The lowest BCUT2D eigenvalue weighted by Crippen LogP contribution is -2.30. The van der Waals surface area contributed by atoms with Crippen molar-refractivity contribution in [3.05, 3.63) is 0 Å². The van der Waals surface area contributed by atoms with Crippen LogP contribution in [0.1, 0.15) is 214 Å². The van der Waals surface area contributed by atoms with E-state index in [0.717, 1.165) is 63.7 Å². The Morgan fingerprint density at radius 3 is 1.13 bits per heavy atom. The Morgan fingerprint density at radius 1 is 0.435 bits per heavy atom. The van der Waals surface area contributed by atoms with E-state index in [4.69, 9.17) is 14.2 Å². The molecule has 1 unspecified atom stereocenters. The van der Waals surface area contributed by atoms with E-state index in [0.29, 0.717) is 19.3 Å². The molecular weight excluding hydrogens is 576 g/mol. The zero-order valence-electron chi connectivity index (χ0n) is 31.0. The third-order valence-electron chi connectivity index (χ3n) is 9.15. The molecule has 0 saturated carbocycles. The zero-order chi connectivity index (χ0) is 33.9. The van der Waals surface area contributed by atoms with Gasteiger partial charge in [-0.25, -0.2) is 0 Å². The van der Waals surface area contributed by atoms with Crippen LogP contribution in [-0.4, -0.2) is 37.2 Å². The van der Waals surface area contributed by atoms with E-state index in [9.17, 15) is 14.4 Å².